The van der Waals surface area contributed by atoms with Gasteiger partial charge in [-0.25, -0.2) is 0 Å². The van der Waals surface area contributed by atoms with Crippen LogP contribution in [-0.2, 0) is 11.3 Å². The van der Waals surface area contributed by atoms with Crippen molar-refractivity contribution < 1.29 is 14.3 Å². The van der Waals surface area contributed by atoms with Gasteiger partial charge in [0.05, 0.1) is 7.11 Å². The third-order valence-electron chi connectivity index (χ3n) is 4.50. The van der Waals surface area contributed by atoms with E-state index in [0.29, 0.717) is 17.9 Å². The fraction of sp³-hybridized carbons (Fsp3) is 0.409. The number of nitrogens with one attached hydrogen (secondary N) is 1. The zero-order valence-corrected chi connectivity index (χ0v) is 16.7. The second-order valence-corrected chi connectivity index (χ2v) is 6.34. The lowest BCUT2D eigenvalue weighted by atomic mass is 10.2. The highest BCUT2D eigenvalue weighted by atomic mass is 16.5. The van der Waals surface area contributed by atoms with Gasteiger partial charge in [-0.05, 0) is 49.3 Å². The van der Waals surface area contributed by atoms with Crippen LogP contribution in [-0.4, -0.2) is 37.1 Å². The van der Waals surface area contributed by atoms with Crippen molar-refractivity contribution >= 4 is 11.6 Å². The zero-order valence-electron chi connectivity index (χ0n) is 16.7. The van der Waals surface area contributed by atoms with E-state index in [2.05, 4.69) is 36.2 Å². The van der Waals surface area contributed by atoms with Gasteiger partial charge in [0, 0.05) is 18.3 Å². The molecular weight excluding hydrogens is 340 g/mol. The van der Waals surface area contributed by atoms with Crippen LogP contribution in [0.4, 0.5) is 5.69 Å². The number of ether oxygens (including phenoxy) is 2. The Hall–Kier alpha value is -2.53. The lowest BCUT2D eigenvalue weighted by Gasteiger charge is -2.19. The third-order valence-corrected chi connectivity index (χ3v) is 4.50. The van der Waals surface area contributed by atoms with Crippen molar-refractivity contribution in [1.29, 1.82) is 0 Å². The molecule has 2 aromatic rings. The van der Waals surface area contributed by atoms with Crippen LogP contribution in [0.1, 0.15) is 32.8 Å². The average molecular weight is 370 g/mol. The van der Waals surface area contributed by atoms with Crippen LogP contribution in [0.15, 0.2) is 48.5 Å². The first-order chi connectivity index (χ1) is 13.1. The molecule has 2 rings (SSSR count). The lowest BCUT2D eigenvalue weighted by molar-refractivity contribution is -0.122. The Morgan fingerprint density at radius 3 is 2.30 bits per heavy atom. The van der Waals surface area contributed by atoms with E-state index in [4.69, 9.17) is 9.47 Å². The number of rotatable bonds is 10. The Bertz CT molecular complexity index is 712. The molecule has 0 spiro atoms. The molecule has 1 atom stereocenters. The van der Waals surface area contributed by atoms with Crippen molar-refractivity contribution in [2.75, 3.05) is 25.5 Å². The molecule has 27 heavy (non-hydrogen) atoms. The fourth-order valence-corrected chi connectivity index (χ4v) is 2.78. The molecule has 0 aliphatic carbocycles. The maximum atomic E-state index is 12.6. The molecule has 0 aliphatic rings. The van der Waals surface area contributed by atoms with Crippen molar-refractivity contribution in [2.24, 2.45) is 0 Å². The number of carbonyl (C=O) groups excluding carboxylic acids is 1. The molecule has 146 valence electrons. The minimum Gasteiger partial charge on any atom is -0.497 e. The standard InChI is InChI=1S/C22H30N2O3/c1-5-21(27-20-10-8-9-19(15-20)26-4)22(25)23-18-13-11-17(12-14-18)16-24(6-2)7-3/h8-15,21H,5-7,16H2,1-4H3,(H,23,25)/t21-/m0/s1. The number of benzene rings is 2. The highest BCUT2D eigenvalue weighted by Gasteiger charge is 2.19. The van der Waals surface area contributed by atoms with Crippen LogP contribution in [0.25, 0.3) is 0 Å². The predicted molar refractivity (Wildman–Crippen MR) is 109 cm³/mol. The summed E-state index contributed by atoms with van der Waals surface area (Å²) >= 11 is 0. The molecule has 0 radical (unpaired) electrons. The van der Waals surface area contributed by atoms with Crippen LogP contribution in [0, 0.1) is 0 Å². The van der Waals surface area contributed by atoms with E-state index in [9.17, 15) is 4.79 Å². The largest absolute Gasteiger partial charge is 0.497 e. The van der Waals surface area contributed by atoms with Crippen LogP contribution in [0.5, 0.6) is 11.5 Å². The maximum Gasteiger partial charge on any atom is 0.265 e. The molecule has 0 bridgehead atoms. The summed E-state index contributed by atoms with van der Waals surface area (Å²) in [5.74, 6) is 1.16. The molecule has 0 aromatic heterocycles. The van der Waals surface area contributed by atoms with Gasteiger partial charge in [0.1, 0.15) is 11.5 Å². The molecule has 0 heterocycles. The summed E-state index contributed by atoms with van der Waals surface area (Å²) in [5, 5.41) is 2.94. The topological polar surface area (TPSA) is 50.8 Å². The fourth-order valence-electron chi connectivity index (χ4n) is 2.78. The minimum absolute atomic E-state index is 0.156. The molecule has 1 N–H and O–H groups in total. The van der Waals surface area contributed by atoms with E-state index in [0.717, 1.165) is 25.3 Å². The van der Waals surface area contributed by atoms with Gasteiger partial charge in [-0.15, -0.1) is 0 Å². The smallest absolute Gasteiger partial charge is 0.265 e. The van der Waals surface area contributed by atoms with Crippen LogP contribution in [0.3, 0.4) is 0 Å². The summed E-state index contributed by atoms with van der Waals surface area (Å²) in [7, 11) is 1.60. The van der Waals surface area contributed by atoms with Crippen molar-refractivity contribution in [1.82, 2.24) is 4.90 Å². The SMILES string of the molecule is CC[C@H](Oc1cccc(OC)c1)C(=O)Nc1ccc(CN(CC)CC)cc1. The van der Waals surface area contributed by atoms with Crippen LogP contribution in [0.2, 0.25) is 0 Å². The molecule has 0 aliphatic heterocycles. The van der Waals surface area contributed by atoms with Crippen LogP contribution < -0.4 is 14.8 Å². The van der Waals surface area contributed by atoms with Gasteiger partial charge in [-0.1, -0.05) is 39.0 Å². The maximum absolute atomic E-state index is 12.6. The van der Waals surface area contributed by atoms with Crippen molar-refractivity contribution in [2.45, 2.75) is 39.8 Å². The first-order valence-electron chi connectivity index (χ1n) is 9.52. The first-order valence-corrected chi connectivity index (χ1v) is 9.52. The lowest BCUT2D eigenvalue weighted by Crippen LogP contribution is -2.32. The second-order valence-electron chi connectivity index (χ2n) is 6.34. The van der Waals surface area contributed by atoms with Gasteiger partial charge in [0.25, 0.3) is 5.91 Å². The molecular formula is C22H30N2O3. The van der Waals surface area contributed by atoms with Crippen molar-refractivity contribution in [3.63, 3.8) is 0 Å². The third kappa shape index (κ3) is 6.29. The Morgan fingerprint density at radius 2 is 1.70 bits per heavy atom. The highest BCUT2D eigenvalue weighted by molar-refractivity contribution is 5.94. The molecule has 0 unspecified atom stereocenters. The molecule has 0 fully saturated rings. The van der Waals surface area contributed by atoms with Crippen molar-refractivity contribution in [3.05, 3.63) is 54.1 Å². The summed E-state index contributed by atoms with van der Waals surface area (Å²) < 4.78 is 11.0. The van der Waals surface area contributed by atoms with Gasteiger partial charge in [-0.3, -0.25) is 9.69 Å². The van der Waals surface area contributed by atoms with Gasteiger partial charge >= 0.3 is 0 Å². The summed E-state index contributed by atoms with van der Waals surface area (Å²) in [6.45, 7) is 9.20. The number of hydrogen-bond donors (Lipinski definition) is 1. The summed E-state index contributed by atoms with van der Waals surface area (Å²) in [6, 6.07) is 15.3. The number of methoxy groups -OCH3 is 1. The number of anilines is 1. The quantitative estimate of drug-likeness (QED) is 0.676. The molecule has 5 nitrogen and oxygen atoms in total. The van der Waals surface area contributed by atoms with Crippen molar-refractivity contribution in [3.8, 4) is 11.5 Å². The Kier molecular flexibility index (Phi) is 8.14. The Morgan fingerprint density at radius 1 is 1.04 bits per heavy atom. The van der Waals surface area contributed by atoms with E-state index < -0.39 is 6.10 Å². The van der Waals surface area contributed by atoms with Gasteiger partial charge in [-0.2, -0.15) is 0 Å². The summed E-state index contributed by atoms with van der Waals surface area (Å²) in [5.41, 5.74) is 2.01. The Labute approximate surface area is 162 Å². The molecule has 2 aromatic carbocycles. The zero-order chi connectivity index (χ0) is 19.6. The Balaban J connectivity index is 1.97. The monoisotopic (exact) mass is 370 g/mol. The van der Waals surface area contributed by atoms with Gasteiger partial charge in [0.2, 0.25) is 0 Å². The highest BCUT2D eigenvalue weighted by Crippen LogP contribution is 2.21. The normalized spacial score (nSPS) is 11.9. The molecule has 0 saturated carbocycles. The van der Waals surface area contributed by atoms with Gasteiger partial charge < -0.3 is 14.8 Å². The number of hydrogen-bond acceptors (Lipinski definition) is 4. The van der Waals surface area contributed by atoms with E-state index in [1.165, 1.54) is 5.56 Å². The van der Waals surface area contributed by atoms with E-state index >= 15 is 0 Å². The number of amides is 1. The summed E-state index contributed by atoms with van der Waals surface area (Å²) in [6.07, 6.45) is 0.00997. The predicted octanol–water partition coefficient (Wildman–Crippen LogP) is 4.33. The second kappa shape index (κ2) is 10.6. The van der Waals surface area contributed by atoms with E-state index in [1.54, 1.807) is 13.2 Å². The minimum atomic E-state index is -0.563. The van der Waals surface area contributed by atoms with Crippen LogP contribution >= 0.6 is 0 Å². The molecule has 0 saturated heterocycles. The molecule has 5 heteroatoms. The van der Waals surface area contributed by atoms with E-state index in [1.807, 2.05) is 37.3 Å². The number of nitrogens with zero attached hydrogens (tertiary/aromatic N) is 1. The average Bonchev–Trinajstić information content (AvgIpc) is 2.71. The first kappa shape index (κ1) is 20.8. The van der Waals surface area contributed by atoms with Gasteiger partial charge in [0.15, 0.2) is 6.10 Å². The van der Waals surface area contributed by atoms with E-state index in [-0.39, 0.29) is 5.91 Å². The summed E-state index contributed by atoms with van der Waals surface area (Å²) in [4.78, 5) is 14.9. The number of carbonyl (C=O) groups is 1. The molecule has 1 amide bonds.